The summed E-state index contributed by atoms with van der Waals surface area (Å²) in [5.41, 5.74) is 8.56. The Bertz CT molecular complexity index is 909. The van der Waals surface area contributed by atoms with Crippen LogP contribution < -0.4 is 10.5 Å². The number of ether oxygens (including phenoxy) is 1. The van der Waals surface area contributed by atoms with Crippen LogP contribution in [0.4, 0.5) is 0 Å². The van der Waals surface area contributed by atoms with Crippen LogP contribution >= 0.6 is 23.1 Å². The molecule has 2 atom stereocenters. The fourth-order valence-corrected chi connectivity index (χ4v) is 6.86. The Hall–Kier alpha value is -1.71. The molecule has 4 nitrogen and oxygen atoms in total. The van der Waals surface area contributed by atoms with Gasteiger partial charge in [0.2, 0.25) is 5.88 Å². The second-order valence-corrected chi connectivity index (χ2v) is 8.66. The van der Waals surface area contributed by atoms with Crippen molar-refractivity contribution in [3.63, 3.8) is 0 Å². The van der Waals surface area contributed by atoms with Crippen molar-refractivity contribution in [2.45, 2.75) is 37.9 Å². The minimum atomic E-state index is -0.331. The van der Waals surface area contributed by atoms with Gasteiger partial charge in [0, 0.05) is 10.9 Å². The molecule has 1 spiro atoms. The van der Waals surface area contributed by atoms with Crippen molar-refractivity contribution in [3.8, 4) is 11.8 Å². The number of nitrogens with zero attached hydrogens (tertiary/aromatic N) is 2. The zero-order chi connectivity index (χ0) is 16.4. The van der Waals surface area contributed by atoms with E-state index in [0.29, 0.717) is 10.8 Å². The Labute approximate surface area is 143 Å². The SMILES string of the molecule is Cc1cc(C)c2c3c(sc2n1)[C@@]1(CCS[C@H]1C)C(C#N)=C(N)O3. The summed E-state index contributed by atoms with van der Waals surface area (Å²) in [6.45, 7) is 6.27. The fourth-order valence-electron chi connectivity index (χ4n) is 3.82. The molecule has 4 rings (SSSR count). The maximum absolute atomic E-state index is 9.72. The molecule has 2 N–H and O–H groups in total. The van der Waals surface area contributed by atoms with E-state index in [0.717, 1.165) is 44.3 Å². The second-order valence-electron chi connectivity index (χ2n) is 6.21. The number of aryl methyl sites for hydroxylation is 2. The Morgan fingerprint density at radius 3 is 2.91 bits per heavy atom. The third kappa shape index (κ3) is 1.81. The normalized spacial score (nSPS) is 26.4. The summed E-state index contributed by atoms with van der Waals surface area (Å²) in [6.07, 6.45) is 0.920. The molecular weight excluding hydrogens is 326 g/mol. The summed E-state index contributed by atoms with van der Waals surface area (Å²) in [7, 11) is 0. The average Bonchev–Trinajstić information content (AvgIpc) is 3.02. The van der Waals surface area contributed by atoms with Crippen LogP contribution in [0.25, 0.3) is 10.2 Å². The minimum Gasteiger partial charge on any atom is -0.439 e. The highest BCUT2D eigenvalue weighted by atomic mass is 32.2. The summed E-state index contributed by atoms with van der Waals surface area (Å²) in [5.74, 6) is 2.11. The van der Waals surface area contributed by atoms with E-state index in [-0.39, 0.29) is 11.3 Å². The lowest BCUT2D eigenvalue weighted by Crippen LogP contribution is -2.38. The molecule has 0 amide bonds. The summed E-state index contributed by atoms with van der Waals surface area (Å²) in [6, 6.07) is 4.40. The molecule has 2 aliphatic heterocycles. The largest absolute Gasteiger partial charge is 0.439 e. The molecule has 4 heterocycles. The van der Waals surface area contributed by atoms with Crippen LogP contribution in [0.3, 0.4) is 0 Å². The first-order valence-electron chi connectivity index (χ1n) is 7.60. The van der Waals surface area contributed by atoms with E-state index in [1.807, 2.05) is 18.7 Å². The number of aromatic nitrogens is 1. The van der Waals surface area contributed by atoms with E-state index < -0.39 is 0 Å². The van der Waals surface area contributed by atoms with Crippen LogP contribution in [0.2, 0.25) is 0 Å². The van der Waals surface area contributed by atoms with Crippen LogP contribution in [0, 0.1) is 25.2 Å². The average molecular weight is 343 g/mol. The standard InChI is InChI=1S/C17H17N3OS2/c1-8-6-9(2)20-16-12(8)13-14(23-16)17(4-5-22-10(17)3)11(7-18)15(19)21-13/h6,10H,4-5,19H2,1-3H3/t10-,17+/m0/s1. The van der Waals surface area contributed by atoms with Crippen molar-refractivity contribution in [2.75, 3.05) is 5.75 Å². The molecule has 2 aromatic rings. The number of thiophene rings is 1. The van der Waals surface area contributed by atoms with Crippen molar-refractivity contribution >= 4 is 33.3 Å². The Balaban J connectivity index is 2.10. The summed E-state index contributed by atoms with van der Waals surface area (Å²) in [5, 5.41) is 11.1. The first-order valence-corrected chi connectivity index (χ1v) is 9.46. The Morgan fingerprint density at radius 1 is 1.48 bits per heavy atom. The van der Waals surface area contributed by atoms with Gasteiger partial charge in [-0.1, -0.05) is 6.92 Å². The van der Waals surface area contributed by atoms with Gasteiger partial charge in [-0.15, -0.1) is 11.3 Å². The predicted octanol–water partition coefficient (Wildman–Crippen LogP) is 3.76. The molecular formula is C17H17N3OS2. The van der Waals surface area contributed by atoms with Gasteiger partial charge in [0.25, 0.3) is 0 Å². The second kappa shape index (κ2) is 4.89. The number of pyridine rings is 1. The van der Waals surface area contributed by atoms with Crippen LogP contribution in [-0.2, 0) is 5.41 Å². The first kappa shape index (κ1) is 14.9. The van der Waals surface area contributed by atoms with Crippen molar-refractivity contribution in [2.24, 2.45) is 5.73 Å². The molecule has 0 saturated carbocycles. The van der Waals surface area contributed by atoms with Gasteiger partial charge < -0.3 is 10.5 Å². The third-order valence-corrected chi connectivity index (χ3v) is 7.51. The zero-order valence-electron chi connectivity index (χ0n) is 13.3. The van der Waals surface area contributed by atoms with E-state index in [1.54, 1.807) is 11.3 Å². The minimum absolute atomic E-state index is 0.258. The fraction of sp³-hybridized carbons (Fsp3) is 0.412. The maximum Gasteiger partial charge on any atom is 0.205 e. The number of rotatable bonds is 0. The van der Waals surface area contributed by atoms with Crippen LogP contribution in [0.15, 0.2) is 17.5 Å². The Kier molecular flexibility index (Phi) is 3.16. The highest BCUT2D eigenvalue weighted by Gasteiger charge is 2.53. The van der Waals surface area contributed by atoms with Crippen molar-refractivity contribution in [3.05, 3.63) is 33.7 Å². The highest BCUT2D eigenvalue weighted by Crippen LogP contribution is 2.59. The van der Waals surface area contributed by atoms with Gasteiger partial charge >= 0.3 is 0 Å². The lowest BCUT2D eigenvalue weighted by molar-refractivity contribution is 0.359. The topological polar surface area (TPSA) is 71.9 Å². The van der Waals surface area contributed by atoms with E-state index in [4.69, 9.17) is 10.5 Å². The number of thioether (sulfide) groups is 1. The number of nitrogens with two attached hydrogens (primary N) is 1. The number of fused-ring (bicyclic) bond motifs is 4. The van der Waals surface area contributed by atoms with Gasteiger partial charge in [-0.25, -0.2) is 4.98 Å². The monoisotopic (exact) mass is 343 g/mol. The van der Waals surface area contributed by atoms with Gasteiger partial charge in [0.15, 0.2) is 5.75 Å². The highest BCUT2D eigenvalue weighted by molar-refractivity contribution is 8.00. The number of hydrogen-bond donors (Lipinski definition) is 1. The van der Waals surface area contributed by atoms with Crippen LogP contribution in [-0.4, -0.2) is 16.0 Å². The van der Waals surface area contributed by atoms with Crippen molar-refractivity contribution < 1.29 is 4.74 Å². The zero-order valence-corrected chi connectivity index (χ0v) is 14.9. The molecule has 1 fully saturated rings. The van der Waals surface area contributed by atoms with Crippen LogP contribution in [0.5, 0.6) is 5.75 Å². The lowest BCUT2D eigenvalue weighted by atomic mass is 9.73. The molecule has 0 unspecified atom stereocenters. The van der Waals surface area contributed by atoms with Crippen LogP contribution in [0.1, 0.15) is 29.5 Å². The van der Waals surface area contributed by atoms with E-state index in [2.05, 4.69) is 31.0 Å². The molecule has 1 saturated heterocycles. The maximum atomic E-state index is 9.72. The molecule has 2 aromatic heterocycles. The van der Waals surface area contributed by atoms with E-state index in [9.17, 15) is 5.26 Å². The van der Waals surface area contributed by atoms with E-state index >= 15 is 0 Å². The van der Waals surface area contributed by atoms with Gasteiger partial charge in [-0.05, 0) is 37.7 Å². The van der Waals surface area contributed by atoms with Gasteiger partial charge in [-0.3, -0.25) is 0 Å². The first-order chi connectivity index (χ1) is 11.0. The smallest absolute Gasteiger partial charge is 0.205 e. The number of allylic oxidation sites excluding steroid dienone is 1. The molecule has 6 heteroatoms. The third-order valence-electron chi connectivity index (χ3n) is 4.92. The molecule has 2 aliphatic rings. The summed E-state index contributed by atoms with van der Waals surface area (Å²) in [4.78, 5) is 6.78. The van der Waals surface area contributed by atoms with Crippen molar-refractivity contribution in [1.82, 2.24) is 4.98 Å². The van der Waals surface area contributed by atoms with Gasteiger partial charge in [0.05, 0.1) is 15.7 Å². The molecule has 0 bridgehead atoms. The number of hydrogen-bond acceptors (Lipinski definition) is 6. The molecule has 0 aliphatic carbocycles. The number of nitriles is 1. The molecule has 0 radical (unpaired) electrons. The quantitative estimate of drug-likeness (QED) is 0.788. The molecule has 0 aromatic carbocycles. The van der Waals surface area contributed by atoms with Gasteiger partial charge in [-0.2, -0.15) is 17.0 Å². The lowest BCUT2D eigenvalue weighted by Gasteiger charge is -2.36. The predicted molar refractivity (Wildman–Crippen MR) is 94.8 cm³/mol. The van der Waals surface area contributed by atoms with E-state index in [1.165, 1.54) is 0 Å². The Morgan fingerprint density at radius 2 is 2.26 bits per heavy atom. The van der Waals surface area contributed by atoms with Crippen molar-refractivity contribution in [1.29, 1.82) is 5.26 Å². The molecule has 23 heavy (non-hydrogen) atoms. The summed E-state index contributed by atoms with van der Waals surface area (Å²) >= 11 is 3.55. The summed E-state index contributed by atoms with van der Waals surface area (Å²) < 4.78 is 5.94. The van der Waals surface area contributed by atoms with Gasteiger partial charge in [0.1, 0.15) is 16.5 Å². The molecule has 118 valence electrons.